The zero-order valence-corrected chi connectivity index (χ0v) is 29.3. The van der Waals surface area contributed by atoms with Crippen molar-refractivity contribution < 1.29 is 24.2 Å². The predicted molar refractivity (Wildman–Crippen MR) is 188 cm³/mol. The summed E-state index contributed by atoms with van der Waals surface area (Å²) in [6.07, 6.45) is 4.24. The Morgan fingerprint density at radius 3 is 2.12 bits per heavy atom. The zero-order chi connectivity index (χ0) is 34.6. The summed E-state index contributed by atoms with van der Waals surface area (Å²) in [5.41, 5.74) is 3.53. The highest BCUT2D eigenvalue weighted by Gasteiger charge is 2.35. The minimum absolute atomic E-state index is 0.0810. The van der Waals surface area contributed by atoms with E-state index in [1.807, 2.05) is 54.6 Å². The van der Waals surface area contributed by atoms with Crippen LogP contribution in [0.5, 0.6) is 5.75 Å². The van der Waals surface area contributed by atoms with Gasteiger partial charge in [0, 0.05) is 47.9 Å². The molecule has 4 aromatic rings. The van der Waals surface area contributed by atoms with Crippen molar-refractivity contribution in [3.8, 4) is 28.3 Å². The fourth-order valence-electron chi connectivity index (χ4n) is 5.37. The quantitative estimate of drug-likeness (QED) is 0.189. The van der Waals surface area contributed by atoms with Gasteiger partial charge >= 0.3 is 5.97 Å². The molecule has 1 fully saturated rings. The van der Waals surface area contributed by atoms with E-state index in [-0.39, 0.29) is 35.6 Å². The third-order valence-corrected chi connectivity index (χ3v) is 9.69. The van der Waals surface area contributed by atoms with E-state index in [2.05, 4.69) is 56.8 Å². The predicted octanol–water partition coefficient (Wildman–Crippen LogP) is 6.87. The number of hydrogen-bond acceptors (Lipinski definition) is 7. The Hall–Kier alpha value is -4.57. The molecule has 2 atom stereocenters. The molecule has 9 nitrogen and oxygen atoms in total. The van der Waals surface area contributed by atoms with Crippen LogP contribution < -0.4 is 10.1 Å². The number of benzene rings is 2. The average Bonchev–Trinajstić information content (AvgIpc) is 3.75. The van der Waals surface area contributed by atoms with E-state index < -0.39 is 17.9 Å². The Morgan fingerprint density at radius 2 is 1.56 bits per heavy atom. The number of carbonyl (C=O) groups is 3. The monoisotopic (exact) mass is 668 g/mol. The third kappa shape index (κ3) is 8.86. The smallest absolute Gasteiger partial charge is 0.308 e. The van der Waals surface area contributed by atoms with Gasteiger partial charge in [0.05, 0.1) is 17.4 Å². The van der Waals surface area contributed by atoms with Crippen molar-refractivity contribution in [1.29, 1.82) is 0 Å². The Morgan fingerprint density at radius 1 is 0.917 bits per heavy atom. The molecule has 2 N–H and O–H groups in total. The number of ether oxygens (including phenoxy) is 1. The minimum Gasteiger partial charge on any atom is -0.493 e. The van der Waals surface area contributed by atoms with Gasteiger partial charge in [0.15, 0.2) is 5.82 Å². The fourth-order valence-corrected chi connectivity index (χ4v) is 6.34. The van der Waals surface area contributed by atoms with Crippen molar-refractivity contribution in [2.24, 2.45) is 11.3 Å². The Kier molecular flexibility index (Phi) is 10.3. The fraction of sp³-hybridized carbons (Fsp3) is 0.395. The number of carboxylic acids is 1. The average molecular weight is 669 g/mol. The van der Waals surface area contributed by atoms with Gasteiger partial charge in [-0.2, -0.15) is 0 Å². The number of nitrogens with one attached hydrogen (secondary N) is 1. The normalized spacial score (nSPS) is 15.6. The molecule has 2 aromatic heterocycles. The van der Waals surface area contributed by atoms with E-state index in [9.17, 15) is 19.5 Å². The van der Waals surface area contributed by atoms with Crippen LogP contribution in [0, 0.1) is 11.3 Å². The molecule has 2 amide bonds. The van der Waals surface area contributed by atoms with Crippen molar-refractivity contribution in [2.45, 2.75) is 65.8 Å². The lowest BCUT2D eigenvalue weighted by molar-refractivity contribution is -0.141. The standard InChI is InChI=1S/C38H44N4O5S/c1-37(2,3)23-47-29-13-11-25(12-14-29)28-20-39-33(40-21-28)26-9-7-24(8-10-26)19-30(35(44)42-18-17-27(22-42)36(45)46)41-34(43)31-15-16-32(48-31)38(4,5)6/h7-16,20-21,27,30H,17-19,22-23H2,1-6H3,(H,41,43)(H,45,46)/t27-,30-/m0/s1. The second-order valence-electron chi connectivity index (χ2n) is 14.6. The Balaban J connectivity index is 1.28. The van der Waals surface area contributed by atoms with Gasteiger partial charge in [-0.3, -0.25) is 14.4 Å². The number of hydrogen-bond donors (Lipinski definition) is 2. The molecule has 10 heteroatoms. The van der Waals surface area contributed by atoms with Gasteiger partial charge in [-0.05, 0) is 52.6 Å². The van der Waals surface area contributed by atoms with Crippen LogP contribution in [0.15, 0.2) is 73.1 Å². The lowest BCUT2D eigenvalue weighted by Crippen LogP contribution is -2.49. The molecule has 5 rings (SSSR count). The zero-order valence-electron chi connectivity index (χ0n) is 28.4. The lowest BCUT2D eigenvalue weighted by atomic mass is 9.95. The van der Waals surface area contributed by atoms with E-state index in [1.54, 1.807) is 23.4 Å². The summed E-state index contributed by atoms with van der Waals surface area (Å²) in [6, 6.07) is 18.4. The number of rotatable bonds is 10. The van der Waals surface area contributed by atoms with Crippen LogP contribution in [0.2, 0.25) is 0 Å². The van der Waals surface area contributed by atoms with Crippen molar-refractivity contribution in [3.05, 3.63) is 88.4 Å². The topological polar surface area (TPSA) is 122 Å². The molecule has 1 saturated heterocycles. The first-order valence-electron chi connectivity index (χ1n) is 16.2. The SMILES string of the molecule is CC(C)(C)COc1ccc(-c2cnc(-c3ccc(C[C@H](NC(=O)c4ccc(C(C)(C)C)s4)C(=O)N4CC[C@H](C(=O)O)C4)cc3)nc2)cc1. The largest absolute Gasteiger partial charge is 0.493 e. The van der Waals surface area contributed by atoms with E-state index in [0.717, 1.165) is 32.9 Å². The summed E-state index contributed by atoms with van der Waals surface area (Å²) in [5, 5.41) is 12.4. The number of thiophene rings is 1. The van der Waals surface area contributed by atoms with E-state index >= 15 is 0 Å². The highest BCUT2D eigenvalue weighted by Crippen LogP contribution is 2.30. The molecule has 1 aliphatic rings. The van der Waals surface area contributed by atoms with Crippen molar-refractivity contribution >= 4 is 29.1 Å². The number of likely N-dealkylation sites (tertiary alicyclic amines) is 1. The van der Waals surface area contributed by atoms with E-state index in [4.69, 9.17) is 4.74 Å². The summed E-state index contributed by atoms with van der Waals surface area (Å²) in [4.78, 5) is 50.9. The van der Waals surface area contributed by atoms with Crippen LogP contribution in [0.25, 0.3) is 22.5 Å². The summed E-state index contributed by atoms with van der Waals surface area (Å²) in [7, 11) is 0. The van der Waals surface area contributed by atoms with Gasteiger partial charge in [0.25, 0.3) is 5.91 Å². The molecular weight excluding hydrogens is 625 g/mol. The molecule has 0 aliphatic carbocycles. The van der Waals surface area contributed by atoms with Crippen LogP contribution in [0.3, 0.4) is 0 Å². The van der Waals surface area contributed by atoms with Gasteiger partial charge in [-0.1, -0.05) is 77.9 Å². The maximum absolute atomic E-state index is 13.7. The highest BCUT2D eigenvalue weighted by atomic mass is 32.1. The van der Waals surface area contributed by atoms with Gasteiger partial charge in [0.1, 0.15) is 11.8 Å². The minimum atomic E-state index is -0.913. The molecule has 48 heavy (non-hydrogen) atoms. The van der Waals surface area contributed by atoms with Crippen LogP contribution in [0.4, 0.5) is 0 Å². The van der Waals surface area contributed by atoms with Crippen molar-refractivity contribution in [1.82, 2.24) is 20.2 Å². The molecule has 3 heterocycles. The number of carbonyl (C=O) groups excluding carboxylic acids is 2. The van der Waals surface area contributed by atoms with Crippen molar-refractivity contribution in [3.63, 3.8) is 0 Å². The van der Waals surface area contributed by atoms with Crippen LogP contribution in [-0.4, -0.2) is 63.5 Å². The second-order valence-corrected chi connectivity index (χ2v) is 15.7. The maximum Gasteiger partial charge on any atom is 0.308 e. The summed E-state index contributed by atoms with van der Waals surface area (Å²) in [6.45, 7) is 13.8. The highest BCUT2D eigenvalue weighted by molar-refractivity contribution is 7.14. The van der Waals surface area contributed by atoms with Crippen LogP contribution in [-0.2, 0) is 21.4 Å². The van der Waals surface area contributed by atoms with E-state index in [0.29, 0.717) is 30.3 Å². The Labute approximate surface area is 286 Å². The van der Waals surface area contributed by atoms with Gasteiger partial charge in [0.2, 0.25) is 5.91 Å². The molecule has 252 valence electrons. The summed E-state index contributed by atoms with van der Waals surface area (Å²) in [5.74, 6) is -0.726. The van der Waals surface area contributed by atoms with Crippen LogP contribution in [0.1, 0.15) is 68.1 Å². The Bertz CT molecular complexity index is 1740. The maximum atomic E-state index is 13.7. The first kappa shape index (κ1) is 34.8. The first-order valence-corrected chi connectivity index (χ1v) is 17.1. The van der Waals surface area contributed by atoms with E-state index in [1.165, 1.54) is 11.3 Å². The summed E-state index contributed by atoms with van der Waals surface area (Å²) < 4.78 is 5.88. The third-order valence-electron chi connectivity index (χ3n) is 8.18. The van der Waals surface area contributed by atoms with Gasteiger partial charge < -0.3 is 20.1 Å². The number of amides is 2. The molecule has 0 saturated carbocycles. The van der Waals surface area contributed by atoms with Crippen molar-refractivity contribution in [2.75, 3.05) is 19.7 Å². The number of aromatic nitrogens is 2. The summed E-state index contributed by atoms with van der Waals surface area (Å²) >= 11 is 1.41. The van der Waals surface area contributed by atoms with Gasteiger partial charge in [-0.25, -0.2) is 9.97 Å². The van der Waals surface area contributed by atoms with Crippen LogP contribution >= 0.6 is 11.3 Å². The second kappa shape index (κ2) is 14.3. The molecule has 0 bridgehead atoms. The molecule has 1 aliphatic heterocycles. The molecule has 0 radical (unpaired) electrons. The number of aliphatic carboxylic acids is 1. The van der Waals surface area contributed by atoms with Gasteiger partial charge in [-0.15, -0.1) is 11.3 Å². The lowest BCUT2D eigenvalue weighted by Gasteiger charge is -2.24. The molecule has 0 spiro atoms. The molecule has 0 unspecified atom stereocenters. The first-order chi connectivity index (χ1) is 22.7. The molecular formula is C38H44N4O5S. The number of carboxylic acid groups (broad SMARTS) is 1. The molecule has 2 aromatic carbocycles. The number of nitrogens with zero attached hydrogens (tertiary/aromatic N) is 3.